The molecule has 0 radical (unpaired) electrons. The summed E-state index contributed by atoms with van der Waals surface area (Å²) >= 11 is 0. The Balaban J connectivity index is 1.60. The number of carbonyl (C=O) groups is 1. The van der Waals surface area contributed by atoms with Gasteiger partial charge < -0.3 is 10.2 Å². The van der Waals surface area contributed by atoms with Crippen LogP contribution in [-0.4, -0.2) is 30.5 Å². The molecule has 0 aliphatic carbocycles. The topological polar surface area (TPSA) is 75.5 Å². The summed E-state index contributed by atoms with van der Waals surface area (Å²) in [7, 11) is 0. The van der Waals surface area contributed by atoms with Gasteiger partial charge in [-0.05, 0) is 43.4 Å². The largest absolute Gasteiger partial charge is 0.366 e. The lowest BCUT2D eigenvalue weighted by Gasteiger charge is -2.17. The Hall–Kier alpha value is -2.89. The van der Waals surface area contributed by atoms with E-state index in [0.29, 0.717) is 17.8 Å². The van der Waals surface area contributed by atoms with Gasteiger partial charge in [-0.3, -0.25) is 14.9 Å². The second-order valence-electron chi connectivity index (χ2n) is 6.50. The monoisotopic (exact) mass is 353 g/mol. The highest BCUT2D eigenvalue weighted by atomic mass is 16.6. The molecule has 0 saturated carbocycles. The molecular weight excluding hydrogens is 330 g/mol. The number of aryl methyl sites for hydroxylation is 1. The first kappa shape index (κ1) is 17.9. The molecule has 1 fully saturated rings. The van der Waals surface area contributed by atoms with Crippen LogP contribution in [0.2, 0.25) is 0 Å². The lowest BCUT2D eigenvalue weighted by molar-refractivity contribution is -0.384. The van der Waals surface area contributed by atoms with Gasteiger partial charge >= 0.3 is 0 Å². The fraction of sp³-hybridized carbons (Fsp3) is 0.350. The number of hydrogen-bond donors (Lipinski definition) is 1. The summed E-state index contributed by atoms with van der Waals surface area (Å²) in [5.74, 6) is -0.269. The van der Waals surface area contributed by atoms with E-state index in [2.05, 4.69) is 17.4 Å². The van der Waals surface area contributed by atoms with Crippen molar-refractivity contribution in [3.8, 4) is 0 Å². The Morgan fingerprint density at radius 2 is 1.85 bits per heavy atom. The molecule has 0 atom stereocenters. The lowest BCUT2D eigenvalue weighted by atomic mass is 10.1. The third kappa shape index (κ3) is 4.39. The van der Waals surface area contributed by atoms with Crippen molar-refractivity contribution in [2.45, 2.75) is 25.7 Å². The molecule has 1 aliphatic rings. The zero-order valence-corrected chi connectivity index (χ0v) is 14.7. The molecule has 136 valence electrons. The molecule has 0 aromatic heterocycles. The SMILES string of the molecule is O=C(NCCCc1ccccc1)c1ccc(N2CCCC2)c([N+](=O)[O-])c1. The van der Waals surface area contributed by atoms with Gasteiger partial charge in [-0.2, -0.15) is 0 Å². The summed E-state index contributed by atoms with van der Waals surface area (Å²) in [6.45, 7) is 2.19. The fourth-order valence-electron chi connectivity index (χ4n) is 3.28. The second-order valence-corrected chi connectivity index (χ2v) is 6.50. The number of anilines is 1. The third-order valence-corrected chi connectivity index (χ3v) is 4.65. The van der Waals surface area contributed by atoms with E-state index in [1.807, 2.05) is 23.1 Å². The minimum Gasteiger partial charge on any atom is -0.366 e. The van der Waals surface area contributed by atoms with E-state index in [1.54, 1.807) is 12.1 Å². The molecule has 2 aromatic carbocycles. The Morgan fingerprint density at radius 3 is 2.54 bits per heavy atom. The maximum absolute atomic E-state index is 12.3. The van der Waals surface area contributed by atoms with E-state index in [0.717, 1.165) is 38.8 Å². The van der Waals surface area contributed by atoms with Crippen LogP contribution in [0.5, 0.6) is 0 Å². The van der Waals surface area contributed by atoms with Crippen LogP contribution in [0.3, 0.4) is 0 Å². The number of hydrogen-bond acceptors (Lipinski definition) is 4. The van der Waals surface area contributed by atoms with Crippen molar-refractivity contribution >= 4 is 17.3 Å². The molecule has 1 amide bonds. The Kier molecular flexibility index (Phi) is 5.84. The number of nitro benzene ring substituents is 1. The van der Waals surface area contributed by atoms with E-state index in [-0.39, 0.29) is 11.6 Å². The van der Waals surface area contributed by atoms with Gasteiger partial charge in [0.15, 0.2) is 0 Å². The molecule has 3 rings (SSSR count). The van der Waals surface area contributed by atoms with Crippen LogP contribution < -0.4 is 10.2 Å². The van der Waals surface area contributed by atoms with Crippen LogP contribution >= 0.6 is 0 Å². The van der Waals surface area contributed by atoms with Gasteiger partial charge in [0.2, 0.25) is 0 Å². The second kappa shape index (κ2) is 8.47. The van der Waals surface area contributed by atoms with E-state index in [1.165, 1.54) is 11.6 Å². The Bertz CT molecular complexity index is 771. The van der Waals surface area contributed by atoms with Crippen LogP contribution in [0, 0.1) is 10.1 Å². The zero-order valence-electron chi connectivity index (χ0n) is 14.7. The first-order valence-corrected chi connectivity index (χ1v) is 9.00. The van der Waals surface area contributed by atoms with E-state index < -0.39 is 4.92 Å². The number of carbonyl (C=O) groups excluding carboxylic acids is 1. The summed E-state index contributed by atoms with van der Waals surface area (Å²) in [4.78, 5) is 25.3. The Morgan fingerprint density at radius 1 is 1.12 bits per heavy atom. The normalized spacial score (nSPS) is 13.6. The summed E-state index contributed by atoms with van der Waals surface area (Å²) in [6, 6.07) is 14.8. The molecule has 1 aliphatic heterocycles. The predicted octanol–water partition coefficient (Wildman–Crippen LogP) is 3.56. The van der Waals surface area contributed by atoms with Crippen molar-refractivity contribution in [3.63, 3.8) is 0 Å². The molecule has 2 aromatic rings. The fourth-order valence-corrected chi connectivity index (χ4v) is 3.28. The molecule has 0 spiro atoms. The van der Waals surface area contributed by atoms with Crippen molar-refractivity contribution in [3.05, 3.63) is 69.8 Å². The molecule has 1 N–H and O–H groups in total. The van der Waals surface area contributed by atoms with Gasteiger partial charge in [0.1, 0.15) is 5.69 Å². The van der Waals surface area contributed by atoms with Crippen LogP contribution in [0.25, 0.3) is 0 Å². The summed E-state index contributed by atoms with van der Waals surface area (Å²) in [5, 5.41) is 14.3. The average molecular weight is 353 g/mol. The maximum atomic E-state index is 12.3. The first-order chi connectivity index (χ1) is 12.6. The van der Waals surface area contributed by atoms with Gasteiger partial charge in [-0.1, -0.05) is 30.3 Å². The molecule has 0 bridgehead atoms. The standard InChI is InChI=1S/C20H23N3O3/c24-20(21-12-6-9-16-7-2-1-3-8-16)17-10-11-18(19(15-17)23(25)26)22-13-4-5-14-22/h1-3,7-8,10-11,15H,4-6,9,12-14H2,(H,21,24). The molecule has 1 saturated heterocycles. The highest BCUT2D eigenvalue weighted by molar-refractivity contribution is 5.95. The first-order valence-electron chi connectivity index (χ1n) is 9.00. The number of benzene rings is 2. The van der Waals surface area contributed by atoms with E-state index in [4.69, 9.17) is 0 Å². The van der Waals surface area contributed by atoms with Crippen LogP contribution in [0.15, 0.2) is 48.5 Å². The number of nitrogens with zero attached hydrogens (tertiary/aromatic N) is 2. The minimum atomic E-state index is -0.403. The van der Waals surface area contributed by atoms with Crippen molar-refractivity contribution in [2.75, 3.05) is 24.5 Å². The van der Waals surface area contributed by atoms with Crippen LogP contribution in [0.4, 0.5) is 11.4 Å². The number of amides is 1. The van der Waals surface area contributed by atoms with Crippen molar-refractivity contribution in [1.29, 1.82) is 0 Å². The zero-order chi connectivity index (χ0) is 18.4. The van der Waals surface area contributed by atoms with Gasteiger partial charge in [0.25, 0.3) is 11.6 Å². The van der Waals surface area contributed by atoms with Gasteiger partial charge in [-0.15, -0.1) is 0 Å². The number of nitro groups is 1. The van der Waals surface area contributed by atoms with E-state index in [9.17, 15) is 14.9 Å². The number of nitrogens with one attached hydrogen (secondary N) is 1. The highest BCUT2D eigenvalue weighted by Gasteiger charge is 2.23. The third-order valence-electron chi connectivity index (χ3n) is 4.65. The maximum Gasteiger partial charge on any atom is 0.293 e. The minimum absolute atomic E-state index is 0.00355. The predicted molar refractivity (Wildman–Crippen MR) is 102 cm³/mol. The van der Waals surface area contributed by atoms with E-state index >= 15 is 0 Å². The Labute approximate surface area is 153 Å². The van der Waals surface area contributed by atoms with Crippen molar-refractivity contribution in [2.24, 2.45) is 0 Å². The quantitative estimate of drug-likeness (QED) is 0.469. The van der Waals surface area contributed by atoms with Crippen molar-refractivity contribution < 1.29 is 9.72 Å². The van der Waals surface area contributed by atoms with Crippen LogP contribution in [0.1, 0.15) is 35.2 Å². The summed E-state index contributed by atoms with van der Waals surface area (Å²) in [5.41, 5.74) is 2.17. The lowest BCUT2D eigenvalue weighted by Crippen LogP contribution is -2.25. The molecule has 6 heteroatoms. The smallest absolute Gasteiger partial charge is 0.293 e. The van der Waals surface area contributed by atoms with Gasteiger partial charge in [0.05, 0.1) is 4.92 Å². The number of rotatable bonds is 7. The highest BCUT2D eigenvalue weighted by Crippen LogP contribution is 2.31. The summed E-state index contributed by atoms with van der Waals surface area (Å²) < 4.78 is 0. The molecular formula is C20H23N3O3. The average Bonchev–Trinajstić information content (AvgIpc) is 3.20. The van der Waals surface area contributed by atoms with Crippen molar-refractivity contribution in [1.82, 2.24) is 5.32 Å². The molecule has 6 nitrogen and oxygen atoms in total. The molecule has 1 heterocycles. The van der Waals surface area contributed by atoms with Crippen LogP contribution in [-0.2, 0) is 6.42 Å². The van der Waals surface area contributed by atoms with Gasteiger partial charge in [-0.25, -0.2) is 0 Å². The van der Waals surface area contributed by atoms with Gasteiger partial charge in [0, 0.05) is 31.3 Å². The molecule has 26 heavy (non-hydrogen) atoms. The molecule has 0 unspecified atom stereocenters. The summed E-state index contributed by atoms with van der Waals surface area (Å²) in [6.07, 6.45) is 3.79.